The Kier molecular flexibility index (Phi) is 7.40. The van der Waals surface area contributed by atoms with Crippen molar-refractivity contribution in [2.45, 2.75) is 91.5 Å². The molecular weight excluding hydrogens is 363 g/mol. The van der Waals surface area contributed by atoms with Gasteiger partial charge in [0.05, 0.1) is 17.1 Å². The first-order valence-corrected chi connectivity index (χ1v) is 10.7. The van der Waals surface area contributed by atoms with Crippen LogP contribution in [0.3, 0.4) is 0 Å². The molecule has 1 aliphatic heterocycles. The van der Waals surface area contributed by atoms with Crippen LogP contribution in [-0.4, -0.2) is 29.9 Å². The zero-order valence-electron chi connectivity index (χ0n) is 19.4. The molecule has 0 saturated carbocycles. The normalized spacial score (nSPS) is 19.9. The Bertz CT molecular complexity index is 700. The van der Waals surface area contributed by atoms with Gasteiger partial charge < -0.3 is 14.0 Å². The van der Waals surface area contributed by atoms with E-state index in [0.717, 1.165) is 18.4 Å². The lowest BCUT2D eigenvalue weighted by molar-refractivity contribution is -0.158. The van der Waals surface area contributed by atoms with Gasteiger partial charge in [-0.2, -0.15) is 0 Å². The molecule has 1 fully saturated rings. The van der Waals surface area contributed by atoms with Crippen LogP contribution < -0.4 is 0 Å². The molecule has 0 N–H and O–H groups in total. The SMILES string of the molecule is CC[C@H](C(=O)OC(C)(C)C)/C(=C/B1OC(C)(C)C(C)(C)O1)CCc1ccccc1. The van der Waals surface area contributed by atoms with Gasteiger partial charge in [0.25, 0.3) is 0 Å². The summed E-state index contributed by atoms with van der Waals surface area (Å²) in [4.78, 5) is 12.9. The summed E-state index contributed by atoms with van der Waals surface area (Å²) >= 11 is 0. The predicted octanol–water partition coefficient (Wildman–Crippen LogP) is 5.54. The highest BCUT2D eigenvalue weighted by Gasteiger charge is 2.50. The summed E-state index contributed by atoms with van der Waals surface area (Å²) in [6, 6.07) is 10.3. The van der Waals surface area contributed by atoms with Gasteiger partial charge in [0, 0.05) is 0 Å². The van der Waals surface area contributed by atoms with Crippen LogP contribution in [-0.2, 0) is 25.3 Å². The zero-order chi connectivity index (χ0) is 21.9. The predicted molar refractivity (Wildman–Crippen MR) is 119 cm³/mol. The average molecular weight is 400 g/mol. The molecule has 0 radical (unpaired) electrons. The Morgan fingerprint density at radius 3 is 2.14 bits per heavy atom. The molecule has 1 heterocycles. The Labute approximate surface area is 177 Å². The maximum atomic E-state index is 12.9. The van der Waals surface area contributed by atoms with Crippen molar-refractivity contribution >= 4 is 13.1 Å². The van der Waals surface area contributed by atoms with E-state index < -0.39 is 23.9 Å². The van der Waals surface area contributed by atoms with Crippen molar-refractivity contribution in [1.29, 1.82) is 0 Å². The van der Waals surface area contributed by atoms with Crippen LogP contribution in [0.15, 0.2) is 41.9 Å². The molecule has 1 aliphatic rings. The van der Waals surface area contributed by atoms with Gasteiger partial charge >= 0.3 is 13.1 Å². The third-order valence-corrected chi connectivity index (χ3v) is 5.71. The average Bonchev–Trinajstić information content (AvgIpc) is 2.79. The van der Waals surface area contributed by atoms with E-state index in [9.17, 15) is 4.79 Å². The minimum Gasteiger partial charge on any atom is -0.460 e. The molecule has 0 amide bonds. The number of benzene rings is 1. The third kappa shape index (κ3) is 6.45. The molecule has 0 aliphatic carbocycles. The number of esters is 1. The summed E-state index contributed by atoms with van der Waals surface area (Å²) in [5.74, 6) is 1.50. The van der Waals surface area contributed by atoms with Gasteiger partial charge in [0.15, 0.2) is 0 Å². The summed E-state index contributed by atoms with van der Waals surface area (Å²) < 4.78 is 18.1. The van der Waals surface area contributed by atoms with Gasteiger partial charge in [-0.3, -0.25) is 4.79 Å². The molecule has 0 spiro atoms. The number of hydrogen-bond acceptors (Lipinski definition) is 4. The quantitative estimate of drug-likeness (QED) is 0.445. The number of rotatable bonds is 7. The summed E-state index contributed by atoms with van der Waals surface area (Å²) in [5.41, 5.74) is 0.924. The molecule has 0 bridgehead atoms. The van der Waals surface area contributed by atoms with Crippen LogP contribution in [0.1, 0.15) is 73.8 Å². The van der Waals surface area contributed by atoms with E-state index in [-0.39, 0.29) is 11.9 Å². The summed E-state index contributed by atoms with van der Waals surface area (Å²) in [7, 11) is -0.470. The van der Waals surface area contributed by atoms with Gasteiger partial charge in [-0.1, -0.05) is 48.8 Å². The molecule has 4 nitrogen and oxygen atoms in total. The molecule has 0 unspecified atom stereocenters. The molecular formula is C24H37BO4. The topological polar surface area (TPSA) is 44.8 Å². The van der Waals surface area contributed by atoms with Gasteiger partial charge in [0.1, 0.15) is 5.60 Å². The van der Waals surface area contributed by atoms with Crippen molar-refractivity contribution in [2.75, 3.05) is 0 Å². The highest BCUT2D eigenvalue weighted by Crippen LogP contribution is 2.38. The van der Waals surface area contributed by atoms with Crippen molar-refractivity contribution in [2.24, 2.45) is 5.92 Å². The molecule has 1 atom stereocenters. The smallest absolute Gasteiger partial charge is 0.460 e. The maximum absolute atomic E-state index is 12.9. The number of carbonyl (C=O) groups excluding carboxylic acids is 1. The summed E-state index contributed by atoms with van der Waals surface area (Å²) in [5, 5.41) is 0. The highest BCUT2D eigenvalue weighted by atomic mass is 16.7. The lowest BCUT2D eigenvalue weighted by atomic mass is 9.80. The minimum atomic E-state index is -0.514. The molecule has 2 rings (SSSR count). The van der Waals surface area contributed by atoms with Crippen molar-refractivity contribution in [3.8, 4) is 0 Å². The molecule has 160 valence electrons. The lowest BCUT2D eigenvalue weighted by Crippen LogP contribution is -2.41. The van der Waals surface area contributed by atoms with Gasteiger partial charge in [-0.05, 0) is 73.3 Å². The van der Waals surface area contributed by atoms with E-state index in [0.29, 0.717) is 6.42 Å². The summed E-state index contributed by atoms with van der Waals surface area (Å²) in [6.07, 6.45) is 2.28. The minimum absolute atomic E-state index is 0.184. The van der Waals surface area contributed by atoms with Crippen LogP contribution in [0.25, 0.3) is 0 Å². The van der Waals surface area contributed by atoms with E-state index in [4.69, 9.17) is 14.0 Å². The Morgan fingerprint density at radius 2 is 1.66 bits per heavy atom. The number of ether oxygens (including phenoxy) is 1. The lowest BCUT2D eigenvalue weighted by Gasteiger charge is -2.32. The van der Waals surface area contributed by atoms with E-state index >= 15 is 0 Å². The van der Waals surface area contributed by atoms with E-state index in [1.165, 1.54) is 5.56 Å². The van der Waals surface area contributed by atoms with Crippen molar-refractivity contribution in [3.05, 3.63) is 47.4 Å². The van der Waals surface area contributed by atoms with Gasteiger partial charge in [-0.25, -0.2) is 0 Å². The number of hydrogen-bond donors (Lipinski definition) is 0. The second-order valence-electron chi connectivity index (χ2n) is 9.85. The van der Waals surface area contributed by atoms with Gasteiger partial charge in [0.2, 0.25) is 0 Å². The number of carbonyl (C=O) groups is 1. The first kappa shape index (κ1) is 23.7. The maximum Gasteiger partial charge on any atom is 0.487 e. The monoisotopic (exact) mass is 400 g/mol. The second kappa shape index (κ2) is 9.05. The van der Waals surface area contributed by atoms with Crippen LogP contribution in [0, 0.1) is 5.92 Å². The first-order chi connectivity index (χ1) is 13.3. The fraction of sp³-hybridized carbons (Fsp3) is 0.625. The van der Waals surface area contributed by atoms with E-state index in [1.54, 1.807) is 0 Å². The van der Waals surface area contributed by atoms with E-state index in [2.05, 4.69) is 12.1 Å². The van der Waals surface area contributed by atoms with Crippen LogP contribution in [0.4, 0.5) is 0 Å². The summed E-state index contributed by atoms with van der Waals surface area (Å²) in [6.45, 7) is 15.9. The highest BCUT2D eigenvalue weighted by molar-refractivity contribution is 6.51. The molecule has 1 aromatic rings. The fourth-order valence-corrected chi connectivity index (χ4v) is 3.39. The van der Waals surface area contributed by atoms with Crippen molar-refractivity contribution < 1.29 is 18.8 Å². The third-order valence-electron chi connectivity index (χ3n) is 5.71. The van der Waals surface area contributed by atoms with Crippen LogP contribution in [0.5, 0.6) is 0 Å². The standard InChI is InChI=1S/C24H37BO4/c1-9-20(21(26)27-22(2,3)4)19(16-15-18-13-11-10-12-14-18)17-25-28-23(5,6)24(7,8)29-25/h10-14,17,20H,9,15-16H2,1-8H3/b19-17+/t20-/m0/s1. The van der Waals surface area contributed by atoms with E-state index in [1.807, 2.05) is 79.6 Å². The van der Waals surface area contributed by atoms with Crippen molar-refractivity contribution in [1.82, 2.24) is 0 Å². The van der Waals surface area contributed by atoms with Crippen LogP contribution >= 0.6 is 0 Å². The largest absolute Gasteiger partial charge is 0.487 e. The number of aryl methyl sites for hydroxylation is 1. The van der Waals surface area contributed by atoms with Crippen LogP contribution in [0.2, 0.25) is 0 Å². The Hall–Kier alpha value is -1.59. The van der Waals surface area contributed by atoms with Crippen molar-refractivity contribution in [3.63, 3.8) is 0 Å². The van der Waals surface area contributed by atoms with Gasteiger partial charge in [-0.15, -0.1) is 0 Å². The first-order valence-electron chi connectivity index (χ1n) is 10.7. The Balaban J connectivity index is 2.28. The second-order valence-corrected chi connectivity index (χ2v) is 9.85. The molecule has 0 aromatic heterocycles. The zero-order valence-corrected chi connectivity index (χ0v) is 19.4. The molecule has 1 aromatic carbocycles. The Morgan fingerprint density at radius 1 is 1.10 bits per heavy atom. The fourth-order valence-electron chi connectivity index (χ4n) is 3.39. The molecule has 5 heteroatoms. The molecule has 1 saturated heterocycles. The molecule has 29 heavy (non-hydrogen) atoms.